The van der Waals surface area contributed by atoms with Gasteiger partial charge in [-0.2, -0.15) is 0 Å². The predicted molar refractivity (Wildman–Crippen MR) is 171 cm³/mol. The minimum Gasteiger partial charge on any atom is -0.495 e. The van der Waals surface area contributed by atoms with E-state index in [2.05, 4.69) is 15.1 Å². The number of carbonyl (C=O) groups excluding carboxylic acids is 2. The Morgan fingerprint density at radius 3 is 2.13 bits per heavy atom. The van der Waals surface area contributed by atoms with E-state index in [9.17, 15) is 14.0 Å². The van der Waals surface area contributed by atoms with Gasteiger partial charge in [0.05, 0.1) is 32.6 Å². The maximum atomic E-state index is 13.5. The third-order valence-corrected chi connectivity index (χ3v) is 7.64. The van der Waals surface area contributed by atoms with Gasteiger partial charge in [0.25, 0.3) is 0 Å². The molecule has 0 saturated carbocycles. The summed E-state index contributed by atoms with van der Waals surface area (Å²) in [6, 6.07) is 29.7. The van der Waals surface area contributed by atoms with Gasteiger partial charge < -0.3 is 24.4 Å². The highest BCUT2D eigenvalue weighted by Gasteiger charge is 2.25. The summed E-state index contributed by atoms with van der Waals surface area (Å²) in [5.74, 6) is 1.21. The van der Waals surface area contributed by atoms with E-state index >= 15 is 0 Å². The fourth-order valence-electron chi connectivity index (χ4n) is 5.20. The number of rotatable bonds is 14. The molecule has 0 spiro atoms. The molecule has 1 aliphatic rings. The number of methoxy groups -OCH3 is 1. The first-order chi connectivity index (χ1) is 22.0. The minimum atomic E-state index is -0.800. The lowest BCUT2D eigenvalue weighted by molar-refractivity contribution is -0.129. The van der Waals surface area contributed by atoms with Crippen molar-refractivity contribution < 1.29 is 28.2 Å². The summed E-state index contributed by atoms with van der Waals surface area (Å²) in [7, 11) is 1.67. The Morgan fingerprint density at radius 2 is 1.44 bits per heavy atom. The molecule has 1 amide bonds. The molecule has 1 N–H and O–H groups in total. The Hall–Kier alpha value is -4.73. The highest BCUT2D eigenvalue weighted by atomic mass is 19.1. The summed E-state index contributed by atoms with van der Waals surface area (Å²) >= 11 is 0. The third kappa shape index (κ3) is 9.38. The van der Waals surface area contributed by atoms with E-state index in [0.717, 1.165) is 35.7 Å². The van der Waals surface area contributed by atoms with E-state index in [4.69, 9.17) is 14.2 Å². The van der Waals surface area contributed by atoms with Crippen LogP contribution in [0.4, 0.5) is 10.1 Å². The van der Waals surface area contributed by atoms with Crippen LogP contribution in [0.2, 0.25) is 0 Å². The summed E-state index contributed by atoms with van der Waals surface area (Å²) in [6.45, 7) is 3.53. The summed E-state index contributed by atoms with van der Waals surface area (Å²) in [4.78, 5) is 31.0. The molecule has 1 atom stereocenters. The molecule has 4 aromatic carbocycles. The van der Waals surface area contributed by atoms with Crippen molar-refractivity contribution in [1.82, 2.24) is 10.2 Å². The van der Waals surface area contributed by atoms with Crippen molar-refractivity contribution in [2.45, 2.75) is 19.1 Å². The first-order valence-electron chi connectivity index (χ1n) is 15.0. The number of para-hydroxylation sites is 2. The summed E-state index contributed by atoms with van der Waals surface area (Å²) in [5.41, 5.74) is 2.81. The maximum Gasteiger partial charge on any atom is 0.234 e. The van der Waals surface area contributed by atoms with Crippen molar-refractivity contribution in [2.24, 2.45) is 0 Å². The molecule has 0 aliphatic carbocycles. The molecule has 1 heterocycles. The molecular formula is C36H38FN3O5. The number of piperazine rings is 1. The average molecular weight is 612 g/mol. The van der Waals surface area contributed by atoms with Crippen LogP contribution in [0.5, 0.6) is 17.2 Å². The zero-order valence-corrected chi connectivity index (χ0v) is 25.4. The molecule has 0 radical (unpaired) electrons. The number of nitrogens with one attached hydrogen (secondary N) is 1. The van der Waals surface area contributed by atoms with Crippen LogP contribution in [-0.2, 0) is 27.4 Å². The first kappa shape index (κ1) is 31.7. The lowest BCUT2D eigenvalue weighted by Crippen LogP contribution is -2.52. The number of nitrogens with zero attached hydrogens (tertiary/aromatic N) is 2. The molecule has 1 saturated heterocycles. The van der Waals surface area contributed by atoms with E-state index in [1.165, 1.54) is 12.1 Å². The van der Waals surface area contributed by atoms with Crippen molar-refractivity contribution in [3.63, 3.8) is 0 Å². The number of amides is 1. The second kappa shape index (κ2) is 15.8. The highest BCUT2D eigenvalue weighted by Crippen LogP contribution is 2.28. The molecule has 0 unspecified atom stereocenters. The molecule has 0 bridgehead atoms. The van der Waals surface area contributed by atoms with E-state index in [1.54, 1.807) is 31.4 Å². The third-order valence-electron chi connectivity index (χ3n) is 7.64. The van der Waals surface area contributed by atoms with Crippen LogP contribution in [0.15, 0.2) is 103 Å². The summed E-state index contributed by atoms with van der Waals surface area (Å²) in [5, 5.41) is 2.94. The minimum absolute atomic E-state index is 0.0623. The van der Waals surface area contributed by atoms with E-state index in [-0.39, 0.29) is 37.1 Å². The van der Waals surface area contributed by atoms with E-state index in [0.29, 0.717) is 31.2 Å². The van der Waals surface area contributed by atoms with Gasteiger partial charge in [0.15, 0.2) is 5.78 Å². The van der Waals surface area contributed by atoms with Gasteiger partial charge >= 0.3 is 0 Å². The topological polar surface area (TPSA) is 80.3 Å². The largest absolute Gasteiger partial charge is 0.495 e. The van der Waals surface area contributed by atoms with Crippen LogP contribution < -0.4 is 19.7 Å². The van der Waals surface area contributed by atoms with E-state index in [1.807, 2.05) is 66.7 Å². The molecule has 1 aliphatic heterocycles. The number of halogens is 1. The normalized spacial score (nSPS) is 14.0. The molecule has 5 rings (SSSR count). The van der Waals surface area contributed by atoms with E-state index < -0.39 is 6.04 Å². The SMILES string of the molecule is COc1ccccc1N1CCN(CC(=O)N[C@@H](COCc2ccccc2)C(=O)Cc2ccc(Oc3ccc(F)cc3)cc2)CC1. The van der Waals surface area contributed by atoms with Crippen molar-refractivity contribution in [1.29, 1.82) is 0 Å². The zero-order chi connectivity index (χ0) is 31.4. The van der Waals surface area contributed by atoms with Crippen LogP contribution >= 0.6 is 0 Å². The Kier molecular flexibility index (Phi) is 11.1. The lowest BCUT2D eigenvalue weighted by Gasteiger charge is -2.36. The smallest absolute Gasteiger partial charge is 0.234 e. The van der Waals surface area contributed by atoms with Crippen LogP contribution in [0.1, 0.15) is 11.1 Å². The molecule has 45 heavy (non-hydrogen) atoms. The summed E-state index contributed by atoms with van der Waals surface area (Å²) in [6.07, 6.45) is 0.119. The first-order valence-corrected chi connectivity index (χ1v) is 15.0. The summed E-state index contributed by atoms with van der Waals surface area (Å²) < 4.78 is 30.4. The number of anilines is 1. The van der Waals surface area contributed by atoms with Gasteiger partial charge in [0.1, 0.15) is 29.1 Å². The number of carbonyl (C=O) groups is 2. The molecule has 8 nitrogen and oxygen atoms in total. The number of hydrogen-bond acceptors (Lipinski definition) is 7. The van der Waals surface area contributed by atoms with Gasteiger partial charge in [0, 0.05) is 32.6 Å². The Bertz CT molecular complexity index is 1520. The molecular weight excluding hydrogens is 573 g/mol. The van der Waals surface area contributed by atoms with Crippen molar-refractivity contribution in [2.75, 3.05) is 51.3 Å². The molecule has 234 valence electrons. The van der Waals surface area contributed by atoms with Crippen LogP contribution in [0, 0.1) is 5.82 Å². The fraction of sp³-hybridized carbons (Fsp3) is 0.278. The van der Waals surface area contributed by atoms with Gasteiger partial charge in [-0.3, -0.25) is 14.5 Å². The van der Waals surface area contributed by atoms with Gasteiger partial charge in [-0.25, -0.2) is 4.39 Å². The Morgan fingerprint density at radius 1 is 0.800 bits per heavy atom. The zero-order valence-electron chi connectivity index (χ0n) is 25.4. The van der Waals surface area contributed by atoms with Crippen molar-refractivity contribution >= 4 is 17.4 Å². The number of ketones is 1. The number of ether oxygens (including phenoxy) is 3. The standard InChI is InChI=1S/C36H38FN3O5/c1-43-35-10-6-5-9-33(35)40-21-19-39(20-22-40)24-36(42)38-32(26-44-25-28-7-3-2-4-8-28)34(41)23-27-11-15-30(16-12-27)45-31-17-13-29(37)14-18-31/h2-18,32H,19-26H2,1H3,(H,38,42)/t32-/m0/s1. The predicted octanol–water partition coefficient (Wildman–Crippen LogP) is 5.26. The van der Waals surface area contributed by atoms with Gasteiger partial charge in [-0.05, 0) is 59.7 Å². The van der Waals surface area contributed by atoms with Gasteiger partial charge in [-0.1, -0.05) is 54.6 Å². The second-order valence-corrected chi connectivity index (χ2v) is 10.9. The van der Waals surface area contributed by atoms with Crippen LogP contribution in [-0.4, -0.2) is 69.1 Å². The van der Waals surface area contributed by atoms with Gasteiger partial charge in [0.2, 0.25) is 5.91 Å². The molecule has 4 aromatic rings. The quantitative estimate of drug-likeness (QED) is 0.208. The number of hydrogen-bond donors (Lipinski definition) is 1. The number of Topliss-reactive ketones (excluding diaryl/α,β-unsaturated/α-hetero) is 1. The molecule has 9 heteroatoms. The molecule has 1 fully saturated rings. The monoisotopic (exact) mass is 611 g/mol. The molecule has 0 aromatic heterocycles. The highest BCUT2D eigenvalue weighted by molar-refractivity contribution is 5.91. The Balaban J connectivity index is 1.16. The van der Waals surface area contributed by atoms with Crippen molar-refractivity contribution in [3.05, 3.63) is 120 Å². The second-order valence-electron chi connectivity index (χ2n) is 10.9. The van der Waals surface area contributed by atoms with Gasteiger partial charge in [-0.15, -0.1) is 0 Å². The average Bonchev–Trinajstić information content (AvgIpc) is 3.07. The van der Waals surface area contributed by atoms with Crippen molar-refractivity contribution in [3.8, 4) is 17.2 Å². The number of benzene rings is 4. The maximum absolute atomic E-state index is 13.5. The fourth-order valence-corrected chi connectivity index (χ4v) is 5.20. The van der Waals surface area contributed by atoms with Crippen LogP contribution in [0.3, 0.4) is 0 Å². The Labute approximate surface area is 263 Å². The lowest BCUT2D eigenvalue weighted by atomic mass is 10.0. The van der Waals surface area contributed by atoms with Crippen LogP contribution in [0.25, 0.3) is 0 Å².